The number of anilines is 2. The van der Waals surface area contributed by atoms with Crippen LogP contribution in [0.2, 0.25) is 0 Å². The number of hydrogen-bond acceptors (Lipinski definition) is 6. The molecule has 0 aliphatic heterocycles. The van der Waals surface area contributed by atoms with E-state index < -0.39 is 11.8 Å². The van der Waals surface area contributed by atoms with Gasteiger partial charge in [0.2, 0.25) is 0 Å². The van der Waals surface area contributed by atoms with Crippen molar-refractivity contribution < 1.29 is 14.3 Å². The van der Waals surface area contributed by atoms with Crippen molar-refractivity contribution in [2.24, 2.45) is 7.05 Å². The standard InChI is InChI=1S/C24H28N8O3/c1-6-32-22(24(34)27-20-12-25-30(5)17(20)4)21(13-26-32)28-23(33)19-7-8-31(29-19)14-35-18-10-15(2)9-16(3)11-18/h7-13H,6,14H2,1-5H3,(H,27,34)(H,28,33). The molecular weight excluding hydrogens is 448 g/mol. The van der Waals surface area contributed by atoms with Crippen molar-refractivity contribution in [3.63, 3.8) is 0 Å². The Morgan fingerprint density at radius 3 is 2.31 bits per heavy atom. The van der Waals surface area contributed by atoms with Crippen molar-refractivity contribution in [1.82, 2.24) is 29.3 Å². The number of benzene rings is 1. The summed E-state index contributed by atoms with van der Waals surface area (Å²) < 4.78 is 10.5. The Hall–Kier alpha value is -4.41. The monoisotopic (exact) mass is 476 g/mol. The average molecular weight is 477 g/mol. The van der Waals surface area contributed by atoms with Gasteiger partial charge in [-0.25, -0.2) is 4.68 Å². The van der Waals surface area contributed by atoms with Crippen LogP contribution in [-0.2, 0) is 20.3 Å². The zero-order valence-corrected chi connectivity index (χ0v) is 20.4. The van der Waals surface area contributed by atoms with Gasteiger partial charge in [0.1, 0.15) is 11.4 Å². The van der Waals surface area contributed by atoms with E-state index >= 15 is 0 Å². The molecule has 3 heterocycles. The highest BCUT2D eigenvalue weighted by molar-refractivity contribution is 6.11. The van der Waals surface area contributed by atoms with Crippen LogP contribution >= 0.6 is 0 Å². The van der Waals surface area contributed by atoms with Crippen LogP contribution in [0, 0.1) is 20.8 Å². The second-order valence-corrected chi connectivity index (χ2v) is 8.24. The van der Waals surface area contributed by atoms with E-state index in [2.05, 4.69) is 32.0 Å². The van der Waals surface area contributed by atoms with Crippen LogP contribution in [0.1, 0.15) is 44.7 Å². The van der Waals surface area contributed by atoms with Crippen LogP contribution in [0.25, 0.3) is 0 Å². The van der Waals surface area contributed by atoms with E-state index in [4.69, 9.17) is 4.74 Å². The third kappa shape index (κ3) is 5.24. The number of hydrogen-bond donors (Lipinski definition) is 2. The molecule has 0 aliphatic carbocycles. The molecule has 0 radical (unpaired) electrons. The normalized spacial score (nSPS) is 10.9. The molecule has 4 rings (SSSR count). The zero-order valence-electron chi connectivity index (χ0n) is 20.4. The topological polar surface area (TPSA) is 121 Å². The molecule has 2 amide bonds. The van der Waals surface area contributed by atoms with Gasteiger partial charge < -0.3 is 15.4 Å². The maximum atomic E-state index is 13.0. The molecule has 0 saturated carbocycles. The first-order valence-corrected chi connectivity index (χ1v) is 11.2. The molecular formula is C24H28N8O3. The predicted molar refractivity (Wildman–Crippen MR) is 131 cm³/mol. The molecule has 3 aromatic heterocycles. The summed E-state index contributed by atoms with van der Waals surface area (Å²) in [6, 6.07) is 7.53. The Morgan fingerprint density at radius 1 is 0.971 bits per heavy atom. The molecule has 0 bridgehead atoms. The first-order chi connectivity index (χ1) is 16.7. The molecule has 0 spiro atoms. The van der Waals surface area contributed by atoms with Gasteiger partial charge in [0.05, 0.1) is 29.5 Å². The Bertz CT molecular complexity index is 1360. The summed E-state index contributed by atoms with van der Waals surface area (Å²) in [6.07, 6.45) is 4.68. The zero-order chi connectivity index (χ0) is 25.1. The lowest BCUT2D eigenvalue weighted by Gasteiger charge is -2.09. The lowest BCUT2D eigenvalue weighted by Crippen LogP contribution is -2.21. The molecule has 182 valence electrons. The second kappa shape index (κ2) is 9.84. The summed E-state index contributed by atoms with van der Waals surface area (Å²) >= 11 is 0. The van der Waals surface area contributed by atoms with E-state index in [0.29, 0.717) is 12.2 Å². The Kier molecular flexibility index (Phi) is 6.67. The van der Waals surface area contributed by atoms with Gasteiger partial charge in [-0.15, -0.1) is 0 Å². The molecule has 0 saturated heterocycles. The maximum absolute atomic E-state index is 13.0. The molecule has 1 aromatic carbocycles. The number of aryl methyl sites for hydroxylation is 4. The van der Waals surface area contributed by atoms with Crippen molar-refractivity contribution in [2.45, 2.75) is 41.0 Å². The summed E-state index contributed by atoms with van der Waals surface area (Å²) in [6.45, 7) is 8.33. The van der Waals surface area contributed by atoms with Gasteiger partial charge in [-0.05, 0) is 57.0 Å². The van der Waals surface area contributed by atoms with Crippen molar-refractivity contribution in [3.8, 4) is 5.75 Å². The fraction of sp³-hybridized carbons (Fsp3) is 0.292. The number of carbonyl (C=O) groups is 2. The molecule has 2 N–H and O–H groups in total. The van der Waals surface area contributed by atoms with Crippen LogP contribution in [-0.4, -0.2) is 41.2 Å². The lowest BCUT2D eigenvalue weighted by atomic mass is 10.1. The number of ether oxygens (including phenoxy) is 1. The smallest absolute Gasteiger partial charge is 0.276 e. The van der Waals surface area contributed by atoms with E-state index in [-0.39, 0.29) is 23.8 Å². The van der Waals surface area contributed by atoms with E-state index in [1.807, 2.05) is 39.8 Å². The molecule has 11 nitrogen and oxygen atoms in total. The van der Waals surface area contributed by atoms with E-state index in [1.54, 1.807) is 30.2 Å². The molecule has 4 aromatic rings. The number of nitrogens with zero attached hydrogens (tertiary/aromatic N) is 6. The highest BCUT2D eigenvalue weighted by Crippen LogP contribution is 2.20. The first-order valence-electron chi connectivity index (χ1n) is 11.2. The van der Waals surface area contributed by atoms with Crippen LogP contribution in [0.5, 0.6) is 5.75 Å². The highest BCUT2D eigenvalue weighted by atomic mass is 16.5. The maximum Gasteiger partial charge on any atom is 0.276 e. The summed E-state index contributed by atoms with van der Waals surface area (Å²) in [5, 5.41) is 18.2. The van der Waals surface area contributed by atoms with Gasteiger partial charge >= 0.3 is 0 Å². The Balaban J connectivity index is 1.45. The fourth-order valence-corrected chi connectivity index (χ4v) is 3.66. The first kappa shape index (κ1) is 23.7. The lowest BCUT2D eigenvalue weighted by molar-refractivity contribution is 0.101. The Morgan fingerprint density at radius 2 is 1.66 bits per heavy atom. The molecule has 0 fully saturated rings. The number of aromatic nitrogens is 6. The van der Waals surface area contributed by atoms with Crippen LogP contribution in [0.15, 0.2) is 42.9 Å². The molecule has 11 heteroatoms. The van der Waals surface area contributed by atoms with Crippen LogP contribution in [0.3, 0.4) is 0 Å². The second-order valence-electron chi connectivity index (χ2n) is 8.24. The van der Waals surface area contributed by atoms with E-state index in [9.17, 15) is 9.59 Å². The number of rotatable bonds is 8. The Labute approximate surface area is 202 Å². The number of carbonyl (C=O) groups excluding carboxylic acids is 2. The highest BCUT2D eigenvalue weighted by Gasteiger charge is 2.22. The summed E-state index contributed by atoms with van der Waals surface area (Å²) in [5.41, 5.74) is 4.31. The van der Waals surface area contributed by atoms with Crippen LogP contribution in [0.4, 0.5) is 11.4 Å². The van der Waals surface area contributed by atoms with Crippen molar-refractivity contribution in [2.75, 3.05) is 10.6 Å². The van der Waals surface area contributed by atoms with E-state index in [0.717, 1.165) is 22.6 Å². The third-order valence-corrected chi connectivity index (χ3v) is 5.52. The van der Waals surface area contributed by atoms with Crippen molar-refractivity contribution in [3.05, 3.63) is 71.1 Å². The SMILES string of the molecule is CCn1ncc(NC(=O)c2ccn(COc3cc(C)cc(C)c3)n2)c1C(=O)Nc1cnn(C)c1C. The van der Waals surface area contributed by atoms with Crippen molar-refractivity contribution >= 4 is 23.2 Å². The molecule has 35 heavy (non-hydrogen) atoms. The summed E-state index contributed by atoms with van der Waals surface area (Å²) in [7, 11) is 1.79. The van der Waals surface area contributed by atoms with E-state index in [1.165, 1.54) is 15.6 Å². The minimum absolute atomic E-state index is 0.155. The summed E-state index contributed by atoms with van der Waals surface area (Å²) in [4.78, 5) is 25.9. The third-order valence-electron chi connectivity index (χ3n) is 5.52. The quantitative estimate of drug-likeness (QED) is 0.403. The minimum Gasteiger partial charge on any atom is -0.471 e. The average Bonchev–Trinajstić information content (AvgIpc) is 3.52. The van der Waals surface area contributed by atoms with Gasteiger partial charge in [0, 0.05) is 19.8 Å². The van der Waals surface area contributed by atoms with Gasteiger partial charge in [-0.3, -0.25) is 19.0 Å². The van der Waals surface area contributed by atoms with Crippen LogP contribution < -0.4 is 15.4 Å². The van der Waals surface area contributed by atoms with Crippen molar-refractivity contribution in [1.29, 1.82) is 0 Å². The van der Waals surface area contributed by atoms with Gasteiger partial charge in [0.25, 0.3) is 11.8 Å². The fourth-order valence-electron chi connectivity index (χ4n) is 3.66. The molecule has 0 atom stereocenters. The predicted octanol–water partition coefficient (Wildman–Crippen LogP) is 3.30. The number of nitrogens with one attached hydrogen (secondary N) is 2. The van der Waals surface area contributed by atoms with Gasteiger partial charge in [0.15, 0.2) is 12.4 Å². The van der Waals surface area contributed by atoms with Gasteiger partial charge in [-0.1, -0.05) is 6.07 Å². The largest absolute Gasteiger partial charge is 0.471 e. The van der Waals surface area contributed by atoms with Gasteiger partial charge in [-0.2, -0.15) is 15.3 Å². The molecule has 0 unspecified atom stereocenters. The minimum atomic E-state index is -0.461. The number of amides is 2. The summed E-state index contributed by atoms with van der Waals surface area (Å²) in [5.74, 6) is -0.129. The molecule has 0 aliphatic rings.